The second-order valence-corrected chi connectivity index (χ2v) is 15.4. The van der Waals surface area contributed by atoms with E-state index >= 15 is 0 Å². The van der Waals surface area contributed by atoms with Crippen LogP contribution in [0.5, 0.6) is 11.8 Å². The van der Waals surface area contributed by atoms with Gasteiger partial charge in [-0.3, -0.25) is 14.5 Å². The van der Waals surface area contributed by atoms with Crippen LogP contribution >= 0.6 is 0 Å². The highest BCUT2D eigenvalue weighted by Gasteiger charge is 2.34. The zero-order valence-electron chi connectivity index (χ0n) is 33.2. The van der Waals surface area contributed by atoms with E-state index in [-0.39, 0.29) is 52.4 Å². The van der Waals surface area contributed by atoms with Gasteiger partial charge >= 0.3 is 12.1 Å². The summed E-state index contributed by atoms with van der Waals surface area (Å²) >= 11 is 0. The second-order valence-electron chi connectivity index (χ2n) is 15.4. The van der Waals surface area contributed by atoms with Crippen molar-refractivity contribution in [3.05, 3.63) is 119 Å². The van der Waals surface area contributed by atoms with Crippen molar-refractivity contribution in [2.75, 3.05) is 66.5 Å². The topological polar surface area (TPSA) is 177 Å². The lowest BCUT2D eigenvalue weighted by atomic mass is 10.0. The lowest BCUT2D eigenvalue weighted by Gasteiger charge is -2.32. The smallest absolute Gasteiger partial charge is 0.328 e. The van der Waals surface area contributed by atoms with Crippen molar-refractivity contribution >= 4 is 68.2 Å². The first-order valence-corrected chi connectivity index (χ1v) is 19.9. The molecule has 0 saturated carbocycles. The largest absolute Gasteiger partial charge is 0.494 e. The molecule has 60 heavy (non-hydrogen) atoms. The summed E-state index contributed by atoms with van der Waals surface area (Å²) in [4.78, 5) is 70.0. The van der Waals surface area contributed by atoms with Crippen LogP contribution < -0.4 is 10.6 Å². The molecule has 0 unspecified atom stereocenters. The number of hydrogen-bond acceptors (Lipinski definition) is 11. The van der Waals surface area contributed by atoms with Gasteiger partial charge in [0.1, 0.15) is 11.4 Å². The van der Waals surface area contributed by atoms with Crippen molar-refractivity contribution in [1.82, 2.24) is 34.5 Å². The number of aromatic nitrogens is 2. The van der Waals surface area contributed by atoms with Crippen molar-refractivity contribution in [2.45, 2.75) is 6.54 Å². The van der Waals surface area contributed by atoms with Gasteiger partial charge in [0.2, 0.25) is 23.3 Å². The Labute approximate surface area is 344 Å². The van der Waals surface area contributed by atoms with Crippen LogP contribution in [-0.2, 0) is 6.54 Å². The van der Waals surface area contributed by atoms with Gasteiger partial charge in [-0.05, 0) is 56.1 Å². The van der Waals surface area contributed by atoms with Crippen LogP contribution in [-0.4, -0.2) is 136 Å². The van der Waals surface area contributed by atoms with E-state index in [1.54, 1.807) is 84.9 Å². The Morgan fingerprint density at radius 1 is 0.683 bits per heavy atom. The number of ketones is 2. The molecule has 0 bridgehead atoms. The number of aromatic hydroxyl groups is 2. The third kappa shape index (κ3) is 6.81. The average Bonchev–Trinajstić information content (AvgIpc) is 3.94. The normalized spacial score (nSPS) is 15.4. The SMILES string of the molecule is CN1CCN(CCNC(=O)n2c(O)c(C3=Nc4ccc(CN(C)CCNC(=O)n5c(O)c(C6=Nc7ccccc7C6=O)c6ccccc65)cc4C3=O)c3ccccc32)CC1. The van der Waals surface area contributed by atoms with E-state index in [9.17, 15) is 29.4 Å². The molecule has 4 aromatic carbocycles. The van der Waals surface area contributed by atoms with Crippen molar-refractivity contribution in [2.24, 2.45) is 9.98 Å². The maximum atomic E-state index is 14.0. The molecule has 6 aromatic rings. The van der Waals surface area contributed by atoms with Gasteiger partial charge in [-0.25, -0.2) is 28.7 Å². The van der Waals surface area contributed by atoms with E-state index in [4.69, 9.17) is 0 Å². The Kier molecular flexibility index (Phi) is 10.1. The fourth-order valence-electron chi connectivity index (χ4n) is 8.29. The molecule has 9 rings (SSSR count). The van der Waals surface area contributed by atoms with Crippen molar-refractivity contribution in [3.63, 3.8) is 0 Å². The molecule has 3 aliphatic heterocycles. The van der Waals surface area contributed by atoms with E-state index in [2.05, 4.69) is 37.5 Å². The molecule has 0 aliphatic carbocycles. The van der Waals surface area contributed by atoms with Gasteiger partial charge < -0.3 is 30.6 Å². The number of Topliss-reactive ketones (excluding diaryl/α,β-unsaturated/α-hetero) is 2. The van der Waals surface area contributed by atoms with Gasteiger partial charge in [0.15, 0.2) is 0 Å². The number of nitrogens with one attached hydrogen (secondary N) is 2. The number of amides is 2. The van der Waals surface area contributed by atoms with Gasteiger partial charge in [0.25, 0.3) is 0 Å². The lowest BCUT2D eigenvalue weighted by Crippen LogP contribution is -2.47. The first-order chi connectivity index (χ1) is 29.1. The second kappa shape index (κ2) is 15.7. The van der Waals surface area contributed by atoms with Crippen LogP contribution in [0.1, 0.15) is 37.4 Å². The van der Waals surface area contributed by atoms with Crippen LogP contribution in [0.2, 0.25) is 0 Å². The summed E-state index contributed by atoms with van der Waals surface area (Å²) in [6, 6.07) is 25.4. The highest BCUT2D eigenvalue weighted by Crippen LogP contribution is 2.39. The number of piperazine rings is 1. The van der Waals surface area contributed by atoms with Gasteiger partial charge in [-0.15, -0.1) is 0 Å². The van der Waals surface area contributed by atoms with E-state index in [1.165, 1.54) is 4.57 Å². The maximum Gasteiger partial charge on any atom is 0.328 e. The minimum Gasteiger partial charge on any atom is -0.494 e. The number of carbonyl (C=O) groups excluding carboxylic acids is 4. The molecular weight excluding hydrogens is 763 g/mol. The Hall–Kier alpha value is -6.94. The number of hydrogen-bond donors (Lipinski definition) is 4. The quantitative estimate of drug-likeness (QED) is 0.146. The fourth-order valence-corrected chi connectivity index (χ4v) is 8.29. The highest BCUT2D eigenvalue weighted by atomic mass is 16.3. The Morgan fingerprint density at radius 2 is 1.22 bits per heavy atom. The average molecular weight is 806 g/mol. The number of rotatable bonds is 10. The molecule has 2 amide bonds. The Bertz CT molecular complexity index is 2810. The molecule has 4 N–H and O–H groups in total. The minimum absolute atomic E-state index is 0.0637. The molecule has 1 fully saturated rings. The van der Waals surface area contributed by atoms with Gasteiger partial charge in [-0.2, -0.15) is 0 Å². The zero-order chi connectivity index (χ0) is 41.7. The highest BCUT2D eigenvalue weighted by molar-refractivity contribution is 6.57. The van der Waals surface area contributed by atoms with Crippen LogP contribution in [0.3, 0.4) is 0 Å². The summed E-state index contributed by atoms with van der Waals surface area (Å²) < 4.78 is 2.36. The predicted molar refractivity (Wildman–Crippen MR) is 229 cm³/mol. The fraction of sp³-hybridized carbons (Fsp3) is 0.244. The van der Waals surface area contributed by atoms with Crippen LogP contribution in [0, 0.1) is 0 Å². The molecule has 0 atom stereocenters. The molecule has 304 valence electrons. The summed E-state index contributed by atoms with van der Waals surface area (Å²) in [5.74, 6) is -1.40. The zero-order valence-corrected chi connectivity index (χ0v) is 33.2. The molecule has 1 saturated heterocycles. The molecule has 3 aliphatic rings. The number of para-hydroxylation sites is 3. The molecule has 2 aromatic heterocycles. The molecule has 0 spiro atoms. The van der Waals surface area contributed by atoms with Gasteiger partial charge in [0.05, 0.1) is 39.1 Å². The summed E-state index contributed by atoms with van der Waals surface area (Å²) in [6.07, 6.45) is 0. The predicted octanol–water partition coefficient (Wildman–Crippen LogP) is 5.14. The first-order valence-electron chi connectivity index (χ1n) is 19.9. The summed E-state index contributed by atoms with van der Waals surface area (Å²) in [5.41, 5.74) is 4.09. The molecule has 15 nitrogen and oxygen atoms in total. The van der Waals surface area contributed by atoms with Crippen LogP contribution in [0.15, 0.2) is 101 Å². The number of nitrogens with zero attached hydrogens (tertiary/aromatic N) is 7. The van der Waals surface area contributed by atoms with Gasteiger partial charge in [0, 0.05) is 75.2 Å². The number of benzene rings is 4. The number of carbonyl (C=O) groups is 4. The van der Waals surface area contributed by atoms with Crippen molar-refractivity contribution < 1.29 is 29.4 Å². The van der Waals surface area contributed by atoms with Crippen molar-refractivity contribution in [3.8, 4) is 11.8 Å². The number of aliphatic imine (C=N–C) groups is 2. The number of fused-ring (bicyclic) bond motifs is 4. The van der Waals surface area contributed by atoms with E-state index in [0.717, 1.165) is 36.3 Å². The third-order valence-electron chi connectivity index (χ3n) is 11.5. The standard InChI is InChI=1S/C45H43N9O6/c1-50-21-23-52(24-22-50)20-18-47-45(60)54-35-14-8-5-11-30(35)37(43(54)58)39-41(56)31-25-27(15-16-33(31)49-39)26-51(2)19-17-46-44(59)53-34-13-7-4-10-29(34)36(42(53)57)38-40(55)28-9-3-6-12-32(28)48-38/h3-16,25,57-58H,17-24,26H2,1-2H3,(H,46,59)(H,47,60). The van der Waals surface area contributed by atoms with Crippen LogP contribution in [0.4, 0.5) is 21.0 Å². The monoisotopic (exact) mass is 805 g/mol. The van der Waals surface area contributed by atoms with Crippen molar-refractivity contribution in [1.29, 1.82) is 0 Å². The Balaban J connectivity index is 0.852. The summed E-state index contributed by atoms with van der Waals surface area (Å²) in [5, 5.41) is 29.8. The minimum atomic E-state index is -0.563. The Morgan fingerprint density at radius 3 is 1.83 bits per heavy atom. The first kappa shape index (κ1) is 38.6. The number of likely N-dealkylation sites (N-methyl/N-ethyl adjacent to an activating group) is 2. The van der Waals surface area contributed by atoms with Crippen LogP contribution in [0.25, 0.3) is 21.8 Å². The van der Waals surface area contributed by atoms with E-state index in [1.807, 2.05) is 18.0 Å². The maximum absolute atomic E-state index is 14.0. The molecular formula is C45H43N9O6. The summed E-state index contributed by atoms with van der Waals surface area (Å²) in [7, 11) is 3.98. The molecule has 5 heterocycles. The third-order valence-corrected chi connectivity index (χ3v) is 11.5. The van der Waals surface area contributed by atoms with E-state index in [0.29, 0.717) is 70.5 Å². The van der Waals surface area contributed by atoms with E-state index < -0.39 is 12.1 Å². The summed E-state index contributed by atoms with van der Waals surface area (Å²) in [6.45, 7) is 5.97. The lowest BCUT2D eigenvalue weighted by molar-refractivity contribution is 0.106. The molecule has 15 heteroatoms. The van der Waals surface area contributed by atoms with Gasteiger partial charge in [-0.1, -0.05) is 54.6 Å². The molecule has 0 radical (unpaired) electrons.